The second-order valence-corrected chi connectivity index (χ2v) is 10.7. The number of ether oxygens (including phenoxy) is 2. The van der Waals surface area contributed by atoms with Crippen LogP contribution >= 0.6 is 0 Å². The number of piperidine rings is 1. The highest BCUT2D eigenvalue weighted by Crippen LogP contribution is 2.60. The first-order valence-corrected chi connectivity index (χ1v) is 12.5. The molecule has 1 saturated carbocycles. The Balaban J connectivity index is 1.46. The molecule has 3 aliphatic heterocycles. The summed E-state index contributed by atoms with van der Waals surface area (Å²) in [7, 11) is 1.81. The van der Waals surface area contributed by atoms with Gasteiger partial charge in [0.25, 0.3) is 0 Å². The van der Waals surface area contributed by atoms with E-state index < -0.39 is 0 Å². The molecule has 4 heteroatoms. The fraction of sp³-hybridized carbons (Fsp3) is 0.769. The van der Waals surface area contributed by atoms with Gasteiger partial charge >= 0.3 is 0 Å². The van der Waals surface area contributed by atoms with Crippen LogP contribution in [0.15, 0.2) is 18.2 Å². The van der Waals surface area contributed by atoms with Crippen LogP contribution < -0.4 is 4.74 Å². The van der Waals surface area contributed by atoms with Crippen LogP contribution in [0.4, 0.5) is 0 Å². The Hall–Kier alpha value is -1.10. The van der Waals surface area contributed by atoms with Gasteiger partial charge in [-0.25, -0.2) is 0 Å². The molecule has 1 unspecified atom stereocenters. The van der Waals surface area contributed by atoms with Crippen molar-refractivity contribution in [1.29, 1.82) is 0 Å². The summed E-state index contributed by atoms with van der Waals surface area (Å²) in [5, 5.41) is 0. The second-order valence-electron chi connectivity index (χ2n) is 10.7. The molecule has 4 atom stereocenters. The predicted octanol–water partition coefficient (Wildman–Crippen LogP) is 4.01. The maximum Gasteiger partial charge on any atom is 0.119 e. The van der Waals surface area contributed by atoms with Crippen LogP contribution in [0.3, 0.4) is 0 Å². The third kappa shape index (κ3) is 2.76. The van der Waals surface area contributed by atoms with Gasteiger partial charge in [-0.1, -0.05) is 13.0 Å². The summed E-state index contributed by atoms with van der Waals surface area (Å²) in [4.78, 5) is 5.57. The Morgan fingerprint density at radius 1 is 1.17 bits per heavy atom. The number of methoxy groups -OCH3 is 1. The highest BCUT2D eigenvalue weighted by molar-refractivity contribution is 5.49. The topological polar surface area (TPSA) is 24.9 Å². The average molecular weight is 411 g/mol. The van der Waals surface area contributed by atoms with Crippen LogP contribution in [0.2, 0.25) is 0 Å². The predicted molar refractivity (Wildman–Crippen MR) is 119 cm³/mol. The largest absolute Gasteiger partial charge is 0.497 e. The standard InChI is InChI=1S/C26H38N2O2/c1-3-26-24-14-20-8-9-22(29-2)15-23(20)25(26,10-13-28(24)17-19-6-7-19)16-21(18-30-26)27-11-4-5-12-27/h8-9,15,19,21,24H,3-7,10-14,16-18H2,1-2H3/t21?,24-,25-,26-/m1/s1. The third-order valence-electron chi connectivity index (χ3n) is 9.35. The molecule has 0 N–H and O–H groups in total. The Kier molecular flexibility index (Phi) is 4.71. The normalized spacial score (nSPS) is 38.9. The zero-order valence-corrected chi connectivity index (χ0v) is 18.9. The number of benzene rings is 1. The number of hydrogen-bond acceptors (Lipinski definition) is 4. The minimum absolute atomic E-state index is 0.0459. The van der Waals surface area contributed by atoms with Crippen molar-refractivity contribution >= 4 is 0 Å². The smallest absolute Gasteiger partial charge is 0.119 e. The van der Waals surface area contributed by atoms with Gasteiger partial charge in [-0.3, -0.25) is 9.80 Å². The fourth-order valence-electron chi connectivity index (χ4n) is 7.68. The van der Waals surface area contributed by atoms with Crippen LogP contribution in [0, 0.1) is 5.92 Å². The first-order valence-electron chi connectivity index (χ1n) is 12.5. The van der Waals surface area contributed by atoms with E-state index in [1.807, 2.05) is 0 Å². The lowest BCUT2D eigenvalue weighted by atomic mass is 9.50. The molecule has 0 aromatic heterocycles. The maximum atomic E-state index is 7.14. The molecule has 164 valence electrons. The molecule has 6 rings (SSSR count). The molecular weight excluding hydrogens is 372 g/mol. The van der Waals surface area contributed by atoms with E-state index in [2.05, 4.69) is 34.9 Å². The van der Waals surface area contributed by atoms with Crippen molar-refractivity contribution in [3.63, 3.8) is 0 Å². The van der Waals surface area contributed by atoms with Crippen LogP contribution in [0.1, 0.15) is 63.0 Å². The molecule has 0 radical (unpaired) electrons. The van der Waals surface area contributed by atoms with Crippen LogP contribution in [-0.4, -0.2) is 67.4 Å². The summed E-state index contributed by atoms with van der Waals surface area (Å²) in [5.74, 6) is 1.94. The Bertz CT molecular complexity index is 802. The molecule has 1 aromatic rings. The highest BCUT2D eigenvalue weighted by Gasteiger charge is 2.66. The fourth-order valence-corrected chi connectivity index (χ4v) is 7.68. The number of rotatable bonds is 5. The SMILES string of the molecule is CC[C@]12OCC(N3CCCC3)C[C@@]13CCN(CC1CC1)[C@@H]2Cc1ccc(OC)cc13. The van der Waals surface area contributed by atoms with Gasteiger partial charge in [-0.15, -0.1) is 0 Å². The lowest BCUT2D eigenvalue weighted by Crippen LogP contribution is -2.75. The molecule has 3 saturated heterocycles. The van der Waals surface area contributed by atoms with E-state index in [0.29, 0.717) is 12.1 Å². The molecule has 5 aliphatic rings. The number of likely N-dealkylation sites (tertiary alicyclic amines) is 2. The van der Waals surface area contributed by atoms with Gasteiger partial charge in [0.15, 0.2) is 0 Å². The molecule has 4 nitrogen and oxygen atoms in total. The van der Waals surface area contributed by atoms with E-state index in [1.165, 1.54) is 64.7 Å². The van der Waals surface area contributed by atoms with Crippen LogP contribution in [0.5, 0.6) is 5.75 Å². The minimum atomic E-state index is -0.0459. The monoisotopic (exact) mass is 410 g/mol. The van der Waals surface area contributed by atoms with Gasteiger partial charge in [-0.05, 0) is 100 Å². The van der Waals surface area contributed by atoms with E-state index in [1.54, 1.807) is 18.2 Å². The van der Waals surface area contributed by atoms with Gasteiger partial charge in [0.1, 0.15) is 5.75 Å². The van der Waals surface area contributed by atoms with Crippen molar-refractivity contribution in [2.24, 2.45) is 5.92 Å². The summed E-state index contributed by atoms with van der Waals surface area (Å²) < 4.78 is 12.8. The molecular formula is C26H38N2O2. The van der Waals surface area contributed by atoms with Gasteiger partial charge < -0.3 is 9.47 Å². The number of nitrogens with zero attached hydrogens (tertiary/aromatic N) is 2. The van der Waals surface area contributed by atoms with Crippen LogP contribution in [-0.2, 0) is 16.6 Å². The zero-order valence-electron chi connectivity index (χ0n) is 18.9. The van der Waals surface area contributed by atoms with E-state index in [4.69, 9.17) is 9.47 Å². The van der Waals surface area contributed by atoms with Crippen molar-refractivity contribution in [2.45, 2.75) is 81.4 Å². The van der Waals surface area contributed by atoms with Crippen LogP contribution in [0.25, 0.3) is 0 Å². The van der Waals surface area contributed by atoms with E-state index >= 15 is 0 Å². The summed E-state index contributed by atoms with van der Waals surface area (Å²) in [6.45, 7) is 8.34. The Morgan fingerprint density at radius 3 is 2.73 bits per heavy atom. The number of fused-ring (bicyclic) bond motifs is 1. The summed E-state index contributed by atoms with van der Waals surface area (Å²) in [5.41, 5.74) is 3.18. The van der Waals surface area contributed by atoms with Crippen molar-refractivity contribution in [3.05, 3.63) is 29.3 Å². The summed E-state index contributed by atoms with van der Waals surface area (Å²) in [6, 6.07) is 8.01. The van der Waals surface area contributed by atoms with Gasteiger partial charge in [-0.2, -0.15) is 0 Å². The van der Waals surface area contributed by atoms with Crippen molar-refractivity contribution < 1.29 is 9.47 Å². The van der Waals surface area contributed by atoms with Crippen molar-refractivity contribution in [3.8, 4) is 5.75 Å². The number of hydrogen-bond donors (Lipinski definition) is 0. The summed E-state index contributed by atoms with van der Waals surface area (Å²) in [6.07, 6.45) is 10.3. The average Bonchev–Trinajstić information content (AvgIpc) is 3.43. The molecule has 2 bridgehead atoms. The molecule has 1 aromatic carbocycles. The molecule has 3 heterocycles. The first-order chi connectivity index (χ1) is 14.7. The second kappa shape index (κ2) is 7.21. The van der Waals surface area contributed by atoms with E-state index in [9.17, 15) is 0 Å². The molecule has 2 aliphatic carbocycles. The van der Waals surface area contributed by atoms with Crippen molar-refractivity contribution in [1.82, 2.24) is 9.80 Å². The van der Waals surface area contributed by atoms with Gasteiger partial charge in [0.2, 0.25) is 0 Å². The van der Waals surface area contributed by atoms with Gasteiger partial charge in [0, 0.05) is 24.0 Å². The van der Waals surface area contributed by atoms with Crippen molar-refractivity contribution in [2.75, 3.05) is 39.9 Å². The zero-order chi connectivity index (χ0) is 20.3. The minimum Gasteiger partial charge on any atom is -0.497 e. The highest BCUT2D eigenvalue weighted by atomic mass is 16.5. The van der Waals surface area contributed by atoms with Gasteiger partial charge in [0.05, 0.1) is 19.3 Å². The Labute approximate surface area is 181 Å². The summed E-state index contributed by atoms with van der Waals surface area (Å²) >= 11 is 0. The first kappa shape index (κ1) is 19.6. The Morgan fingerprint density at radius 2 is 2.00 bits per heavy atom. The molecule has 0 amide bonds. The quantitative estimate of drug-likeness (QED) is 0.732. The van der Waals surface area contributed by atoms with E-state index in [-0.39, 0.29) is 11.0 Å². The molecule has 4 fully saturated rings. The third-order valence-corrected chi connectivity index (χ3v) is 9.35. The maximum absolute atomic E-state index is 7.14. The van der Waals surface area contributed by atoms with E-state index in [0.717, 1.165) is 31.1 Å². The molecule has 0 spiro atoms. The molecule has 30 heavy (non-hydrogen) atoms. The lowest BCUT2D eigenvalue weighted by molar-refractivity contribution is -0.225. The lowest BCUT2D eigenvalue weighted by Gasteiger charge is -2.67.